The van der Waals surface area contributed by atoms with Crippen LogP contribution in [0.1, 0.15) is 48.7 Å². The number of nitrogens with one attached hydrogen (secondary N) is 1. The van der Waals surface area contributed by atoms with Crippen LogP contribution in [0.4, 0.5) is 0 Å². The summed E-state index contributed by atoms with van der Waals surface area (Å²) >= 11 is 1.86. The molecular formula is C13H22N2S. The summed E-state index contributed by atoms with van der Waals surface area (Å²) in [5.41, 5.74) is 1.59. The standard InChI is InChI=1S/C13H22N2S/c1-9-10(2)16-11(15-9)13(14-5)8-6-7-12(13,3)4/h14H,6-8H2,1-5H3. The van der Waals surface area contributed by atoms with Crippen LogP contribution in [0.25, 0.3) is 0 Å². The van der Waals surface area contributed by atoms with E-state index in [-0.39, 0.29) is 5.54 Å². The molecule has 3 heteroatoms. The topological polar surface area (TPSA) is 24.9 Å². The molecule has 1 heterocycles. The third-order valence-corrected chi connectivity index (χ3v) is 5.56. The Morgan fingerprint density at radius 3 is 2.31 bits per heavy atom. The van der Waals surface area contributed by atoms with E-state index in [1.54, 1.807) is 0 Å². The summed E-state index contributed by atoms with van der Waals surface area (Å²) in [6.45, 7) is 9.01. The predicted octanol–water partition coefficient (Wildman–Crippen LogP) is 3.38. The summed E-state index contributed by atoms with van der Waals surface area (Å²) in [5.74, 6) is 0. The molecule has 1 saturated carbocycles. The average molecular weight is 238 g/mol. The Balaban J connectivity index is 2.50. The van der Waals surface area contributed by atoms with Crippen molar-refractivity contribution in [3.63, 3.8) is 0 Å². The smallest absolute Gasteiger partial charge is 0.114 e. The van der Waals surface area contributed by atoms with E-state index in [1.165, 1.54) is 34.8 Å². The summed E-state index contributed by atoms with van der Waals surface area (Å²) in [7, 11) is 2.08. The fourth-order valence-electron chi connectivity index (χ4n) is 2.97. The molecule has 90 valence electrons. The molecule has 1 unspecified atom stereocenters. The van der Waals surface area contributed by atoms with Crippen LogP contribution in [0.2, 0.25) is 0 Å². The van der Waals surface area contributed by atoms with Crippen LogP contribution in [0.3, 0.4) is 0 Å². The molecule has 0 amide bonds. The van der Waals surface area contributed by atoms with Crippen molar-refractivity contribution in [1.82, 2.24) is 10.3 Å². The first-order chi connectivity index (χ1) is 7.43. The zero-order chi connectivity index (χ0) is 12.0. The number of hydrogen-bond donors (Lipinski definition) is 1. The second kappa shape index (κ2) is 3.81. The number of thiazole rings is 1. The minimum Gasteiger partial charge on any atom is -0.308 e. The van der Waals surface area contributed by atoms with Crippen LogP contribution in [0.15, 0.2) is 0 Å². The summed E-state index contributed by atoms with van der Waals surface area (Å²) in [6, 6.07) is 0. The summed E-state index contributed by atoms with van der Waals surface area (Å²) in [5, 5.41) is 4.86. The minimum atomic E-state index is 0.0939. The van der Waals surface area contributed by atoms with E-state index in [2.05, 4.69) is 40.1 Å². The van der Waals surface area contributed by atoms with Gasteiger partial charge >= 0.3 is 0 Å². The summed E-state index contributed by atoms with van der Waals surface area (Å²) < 4.78 is 0. The molecule has 2 nitrogen and oxygen atoms in total. The van der Waals surface area contributed by atoms with Gasteiger partial charge in [0.15, 0.2) is 0 Å². The van der Waals surface area contributed by atoms with Crippen LogP contribution in [-0.4, -0.2) is 12.0 Å². The van der Waals surface area contributed by atoms with Crippen molar-refractivity contribution in [1.29, 1.82) is 0 Å². The van der Waals surface area contributed by atoms with Crippen molar-refractivity contribution >= 4 is 11.3 Å². The highest BCUT2D eigenvalue weighted by atomic mass is 32.1. The minimum absolute atomic E-state index is 0.0939. The molecule has 0 bridgehead atoms. The summed E-state index contributed by atoms with van der Waals surface area (Å²) in [4.78, 5) is 6.14. The molecule has 1 aromatic rings. The maximum Gasteiger partial charge on any atom is 0.114 e. The maximum absolute atomic E-state index is 4.79. The molecule has 0 aliphatic heterocycles. The fraction of sp³-hybridized carbons (Fsp3) is 0.769. The lowest BCUT2D eigenvalue weighted by atomic mass is 9.75. The molecule has 0 aromatic carbocycles. The van der Waals surface area contributed by atoms with Gasteiger partial charge in [-0.05, 0) is 39.2 Å². The normalized spacial score (nSPS) is 28.6. The maximum atomic E-state index is 4.79. The van der Waals surface area contributed by atoms with Gasteiger partial charge in [-0.3, -0.25) is 0 Å². The molecule has 1 aromatic heterocycles. The molecule has 0 radical (unpaired) electrons. The highest BCUT2D eigenvalue weighted by molar-refractivity contribution is 7.11. The van der Waals surface area contributed by atoms with Crippen molar-refractivity contribution < 1.29 is 0 Å². The lowest BCUT2D eigenvalue weighted by Crippen LogP contribution is -2.48. The van der Waals surface area contributed by atoms with Gasteiger partial charge in [0.1, 0.15) is 5.01 Å². The van der Waals surface area contributed by atoms with E-state index in [1.807, 2.05) is 11.3 Å². The van der Waals surface area contributed by atoms with Crippen molar-refractivity contribution in [2.24, 2.45) is 5.41 Å². The average Bonchev–Trinajstić information content (AvgIpc) is 2.68. The Morgan fingerprint density at radius 1 is 1.25 bits per heavy atom. The first kappa shape index (κ1) is 12.1. The van der Waals surface area contributed by atoms with Crippen LogP contribution in [0.5, 0.6) is 0 Å². The first-order valence-electron chi connectivity index (χ1n) is 6.06. The number of aryl methyl sites for hydroxylation is 2. The van der Waals surface area contributed by atoms with Gasteiger partial charge in [0, 0.05) is 4.88 Å². The van der Waals surface area contributed by atoms with E-state index in [9.17, 15) is 0 Å². The molecule has 1 fully saturated rings. The van der Waals surface area contributed by atoms with Crippen molar-refractivity contribution in [3.8, 4) is 0 Å². The molecule has 1 atom stereocenters. The van der Waals surface area contributed by atoms with E-state index in [0.717, 1.165) is 0 Å². The number of nitrogens with zero attached hydrogens (tertiary/aromatic N) is 1. The Hall–Kier alpha value is -0.410. The highest BCUT2D eigenvalue weighted by Crippen LogP contribution is 2.52. The fourth-order valence-corrected chi connectivity index (χ4v) is 4.29. The molecule has 0 spiro atoms. The Morgan fingerprint density at radius 2 is 1.94 bits per heavy atom. The largest absolute Gasteiger partial charge is 0.308 e. The van der Waals surface area contributed by atoms with Gasteiger partial charge in [0.2, 0.25) is 0 Å². The van der Waals surface area contributed by atoms with Gasteiger partial charge in [0.05, 0.1) is 11.2 Å². The third-order valence-electron chi connectivity index (χ3n) is 4.33. The predicted molar refractivity (Wildman–Crippen MR) is 70.0 cm³/mol. The number of aromatic nitrogens is 1. The molecule has 2 rings (SSSR count). The van der Waals surface area contributed by atoms with Gasteiger partial charge in [-0.1, -0.05) is 20.3 Å². The van der Waals surface area contributed by atoms with Crippen molar-refractivity contribution in [2.75, 3.05) is 7.05 Å². The van der Waals surface area contributed by atoms with Crippen molar-refractivity contribution in [3.05, 3.63) is 15.6 Å². The van der Waals surface area contributed by atoms with Gasteiger partial charge in [-0.2, -0.15) is 0 Å². The second-order valence-electron chi connectivity index (χ2n) is 5.55. The van der Waals surface area contributed by atoms with E-state index in [0.29, 0.717) is 5.41 Å². The monoisotopic (exact) mass is 238 g/mol. The Bertz CT molecular complexity index is 375. The molecular weight excluding hydrogens is 216 g/mol. The molecule has 1 aliphatic carbocycles. The summed E-state index contributed by atoms with van der Waals surface area (Å²) in [6.07, 6.45) is 3.79. The zero-order valence-electron chi connectivity index (χ0n) is 11.0. The van der Waals surface area contributed by atoms with Gasteiger partial charge < -0.3 is 5.32 Å². The first-order valence-corrected chi connectivity index (χ1v) is 6.88. The SMILES string of the molecule is CNC1(c2nc(C)c(C)s2)CCCC1(C)C. The van der Waals surface area contributed by atoms with Gasteiger partial charge in [0.25, 0.3) is 0 Å². The lowest BCUT2D eigenvalue weighted by molar-refractivity contribution is 0.167. The molecule has 16 heavy (non-hydrogen) atoms. The quantitative estimate of drug-likeness (QED) is 0.854. The van der Waals surface area contributed by atoms with Gasteiger partial charge in [-0.15, -0.1) is 11.3 Å². The van der Waals surface area contributed by atoms with Crippen LogP contribution in [0, 0.1) is 19.3 Å². The Labute approximate surface area is 102 Å². The second-order valence-corrected chi connectivity index (χ2v) is 6.76. The van der Waals surface area contributed by atoms with Crippen LogP contribution >= 0.6 is 11.3 Å². The van der Waals surface area contributed by atoms with E-state index >= 15 is 0 Å². The van der Waals surface area contributed by atoms with Crippen LogP contribution in [-0.2, 0) is 5.54 Å². The number of hydrogen-bond acceptors (Lipinski definition) is 3. The molecule has 1 N–H and O–H groups in total. The zero-order valence-corrected chi connectivity index (χ0v) is 11.8. The molecule has 1 aliphatic rings. The van der Waals surface area contributed by atoms with E-state index < -0.39 is 0 Å². The van der Waals surface area contributed by atoms with Crippen molar-refractivity contribution in [2.45, 2.75) is 52.5 Å². The van der Waals surface area contributed by atoms with Crippen LogP contribution < -0.4 is 5.32 Å². The highest BCUT2D eigenvalue weighted by Gasteiger charge is 2.50. The lowest BCUT2D eigenvalue weighted by Gasteiger charge is -2.40. The van der Waals surface area contributed by atoms with Gasteiger partial charge in [-0.25, -0.2) is 4.98 Å². The molecule has 0 saturated heterocycles. The number of rotatable bonds is 2. The Kier molecular flexibility index (Phi) is 2.87. The van der Waals surface area contributed by atoms with E-state index in [4.69, 9.17) is 4.98 Å². The third kappa shape index (κ3) is 1.52.